The third kappa shape index (κ3) is 2.93. The van der Waals surface area contributed by atoms with Crippen LogP contribution in [0.4, 0.5) is 0 Å². The van der Waals surface area contributed by atoms with Crippen LogP contribution in [0.3, 0.4) is 0 Å². The van der Waals surface area contributed by atoms with Crippen molar-refractivity contribution in [2.24, 2.45) is 0 Å². The highest BCUT2D eigenvalue weighted by Crippen LogP contribution is 2.35. The molecule has 1 N–H and O–H groups in total. The molecule has 0 saturated carbocycles. The number of hydrogen-bond donors (Lipinski definition) is 1. The van der Waals surface area contributed by atoms with Crippen LogP contribution in [0.2, 0.25) is 0 Å². The molecule has 0 aromatic heterocycles. The molecule has 0 unspecified atom stereocenters. The minimum absolute atomic E-state index is 0.00711. The molecule has 1 heterocycles. The highest BCUT2D eigenvalue weighted by atomic mass is 16.5. The second-order valence-corrected chi connectivity index (χ2v) is 6.02. The Kier molecular flexibility index (Phi) is 4.57. The molecule has 5 nitrogen and oxygen atoms in total. The molecule has 124 valence electrons. The number of carbonyl (C=O) groups excluding carboxylic acids is 1. The molecule has 0 bridgehead atoms. The van der Waals surface area contributed by atoms with Crippen LogP contribution in [0, 0.1) is 0 Å². The van der Waals surface area contributed by atoms with E-state index in [-0.39, 0.29) is 5.91 Å². The van der Waals surface area contributed by atoms with E-state index in [0.717, 1.165) is 42.4 Å². The van der Waals surface area contributed by atoms with E-state index in [1.807, 2.05) is 18.2 Å². The van der Waals surface area contributed by atoms with E-state index in [0.29, 0.717) is 24.5 Å². The molecule has 0 fully saturated rings. The lowest BCUT2D eigenvalue weighted by Crippen LogP contribution is -2.37. The van der Waals surface area contributed by atoms with Gasteiger partial charge in [0.2, 0.25) is 0 Å². The van der Waals surface area contributed by atoms with Gasteiger partial charge in [-0.05, 0) is 55.4 Å². The van der Waals surface area contributed by atoms with Gasteiger partial charge in [0.05, 0.1) is 14.2 Å². The standard InChI is InChI=1S/C18H23NO4/c1-22-15-8-7-12(11-16(15)23-2)9-10-19-17(20)13-5-3-4-6-14(13)18(19)21/h7-8,11,17,20H,3-6,9-10H2,1-2H3/t17-/m0/s1. The van der Waals surface area contributed by atoms with Crippen LogP contribution in [0.5, 0.6) is 11.5 Å². The first-order chi connectivity index (χ1) is 11.2. The van der Waals surface area contributed by atoms with Crippen LogP contribution < -0.4 is 9.47 Å². The molecule has 1 aliphatic carbocycles. The second-order valence-electron chi connectivity index (χ2n) is 6.02. The molecule has 1 atom stereocenters. The SMILES string of the molecule is COc1ccc(CCN2C(=O)C3=C(CCCC3)[C@@H]2O)cc1OC. The average Bonchev–Trinajstić information content (AvgIpc) is 2.84. The zero-order valence-electron chi connectivity index (χ0n) is 13.7. The average molecular weight is 317 g/mol. The van der Waals surface area contributed by atoms with E-state index >= 15 is 0 Å². The minimum atomic E-state index is -0.738. The zero-order valence-corrected chi connectivity index (χ0v) is 13.7. The zero-order chi connectivity index (χ0) is 16.4. The smallest absolute Gasteiger partial charge is 0.252 e. The number of carbonyl (C=O) groups is 1. The predicted molar refractivity (Wildman–Crippen MR) is 86.5 cm³/mol. The highest BCUT2D eigenvalue weighted by Gasteiger charge is 2.38. The maximum atomic E-state index is 12.5. The number of aliphatic hydroxyl groups is 1. The second kappa shape index (κ2) is 6.62. The number of benzene rings is 1. The Labute approximate surface area is 136 Å². The van der Waals surface area contributed by atoms with Crippen molar-refractivity contribution in [1.29, 1.82) is 0 Å². The number of hydrogen-bond acceptors (Lipinski definition) is 4. The van der Waals surface area contributed by atoms with Crippen LogP contribution in [-0.2, 0) is 11.2 Å². The molecule has 1 aromatic carbocycles. The highest BCUT2D eigenvalue weighted by molar-refractivity contribution is 5.97. The summed E-state index contributed by atoms with van der Waals surface area (Å²) >= 11 is 0. The van der Waals surface area contributed by atoms with E-state index in [9.17, 15) is 9.90 Å². The van der Waals surface area contributed by atoms with E-state index in [4.69, 9.17) is 9.47 Å². The first-order valence-electron chi connectivity index (χ1n) is 8.07. The van der Waals surface area contributed by atoms with Crippen LogP contribution in [0.1, 0.15) is 31.2 Å². The Bertz CT molecular complexity index is 638. The molecule has 0 spiro atoms. The molecular formula is C18H23NO4. The van der Waals surface area contributed by atoms with Crippen LogP contribution in [0.15, 0.2) is 29.3 Å². The summed E-state index contributed by atoms with van der Waals surface area (Å²) in [4.78, 5) is 14.0. The van der Waals surface area contributed by atoms with Gasteiger partial charge >= 0.3 is 0 Å². The van der Waals surface area contributed by atoms with Crippen molar-refractivity contribution in [2.75, 3.05) is 20.8 Å². The van der Waals surface area contributed by atoms with Crippen molar-refractivity contribution >= 4 is 5.91 Å². The van der Waals surface area contributed by atoms with Gasteiger partial charge in [0, 0.05) is 12.1 Å². The predicted octanol–water partition coefficient (Wildman–Crippen LogP) is 2.28. The van der Waals surface area contributed by atoms with Gasteiger partial charge in [-0.1, -0.05) is 6.07 Å². The Morgan fingerprint density at radius 1 is 1.17 bits per heavy atom. The van der Waals surface area contributed by atoms with E-state index < -0.39 is 6.23 Å². The molecule has 1 aliphatic heterocycles. The fourth-order valence-corrected chi connectivity index (χ4v) is 3.44. The van der Waals surface area contributed by atoms with Crippen LogP contribution in [-0.4, -0.2) is 42.9 Å². The Morgan fingerprint density at radius 2 is 1.91 bits per heavy atom. The normalized spacial score (nSPS) is 20.7. The summed E-state index contributed by atoms with van der Waals surface area (Å²) < 4.78 is 10.5. The topological polar surface area (TPSA) is 59.0 Å². The van der Waals surface area contributed by atoms with Gasteiger partial charge in [-0.3, -0.25) is 4.79 Å². The van der Waals surface area contributed by atoms with E-state index in [2.05, 4.69) is 0 Å². The van der Waals surface area contributed by atoms with Crippen LogP contribution in [0.25, 0.3) is 0 Å². The first kappa shape index (κ1) is 15.9. The van der Waals surface area contributed by atoms with E-state index in [1.54, 1.807) is 19.1 Å². The molecule has 0 radical (unpaired) electrons. The van der Waals surface area contributed by atoms with Gasteiger partial charge in [-0.2, -0.15) is 0 Å². The van der Waals surface area contributed by atoms with Crippen molar-refractivity contribution in [3.8, 4) is 11.5 Å². The van der Waals surface area contributed by atoms with Gasteiger partial charge in [0.25, 0.3) is 5.91 Å². The summed E-state index contributed by atoms with van der Waals surface area (Å²) in [6.45, 7) is 0.502. The van der Waals surface area contributed by atoms with Gasteiger partial charge in [-0.25, -0.2) is 0 Å². The van der Waals surface area contributed by atoms with Gasteiger partial charge in [0.15, 0.2) is 17.7 Å². The maximum absolute atomic E-state index is 12.5. The Hall–Kier alpha value is -2.01. The summed E-state index contributed by atoms with van der Waals surface area (Å²) in [6, 6.07) is 5.74. The molecule has 0 saturated heterocycles. The van der Waals surface area contributed by atoms with Gasteiger partial charge in [0.1, 0.15) is 0 Å². The first-order valence-corrected chi connectivity index (χ1v) is 8.07. The lowest BCUT2D eigenvalue weighted by Gasteiger charge is -2.23. The third-order valence-corrected chi connectivity index (χ3v) is 4.73. The fourth-order valence-electron chi connectivity index (χ4n) is 3.44. The van der Waals surface area contributed by atoms with Crippen molar-refractivity contribution in [1.82, 2.24) is 4.90 Å². The van der Waals surface area contributed by atoms with Crippen molar-refractivity contribution in [2.45, 2.75) is 38.3 Å². The number of ether oxygens (including phenoxy) is 2. The number of aliphatic hydroxyl groups excluding tert-OH is 1. The number of methoxy groups -OCH3 is 2. The lowest BCUT2D eigenvalue weighted by atomic mass is 9.93. The van der Waals surface area contributed by atoms with E-state index in [1.165, 1.54) is 0 Å². The van der Waals surface area contributed by atoms with Crippen LogP contribution >= 0.6 is 0 Å². The summed E-state index contributed by atoms with van der Waals surface area (Å²) in [5, 5.41) is 10.4. The monoisotopic (exact) mass is 317 g/mol. The summed E-state index contributed by atoms with van der Waals surface area (Å²) in [7, 11) is 3.21. The van der Waals surface area contributed by atoms with Gasteiger partial charge in [-0.15, -0.1) is 0 Å². The summed E-state index contributed by atoms with van der Waals surface area (Å²) in [5.41, 5.74) is 2.83. The third-order valence-electron chi connectivity index (χ3n) is 4.73. The van der Waals surface area contributed by atoms with Crippen molar-refractivity contribution < 1.29 is 19.4 Å². The van der Waals surface area contributed by atoms with Crippen molar-refractivity contribution in [3.05, 3.63) is 34.9 Å². The molecule has 23 heavy (non-hydrogen) atoms. The maximum Gasteiger partial charge on any atom is 0.252 e. The van der Waals surface area contributed by atoms with Gasteiger partial charge < -0.3 is 19.5 Å². The molecular weight excluding hydrogens is 294 g/mol. The summed E-state index contributed by atoms with van der Waals surface area (Å²) in [6.07, 6.45) is 3.68. The van der Waals surface area contributed by atoms with Crippen molar-refractivity contribution in [3.63, 3.8) is 0 Å². The molecule has 1 aromatic rings. The number of amides is 1. The molecule has 2 aliphatic rings. The quantitative estimate of drug-likeness (QED) is 0.905. The lowest BCUT2D eigenvalue weighted by molar-refractivity contribution is -0.131. The Balaban J connectivity index is 1.68. The molecule has 5 heteroatoms. The minimum Gasteiger partial charge on any atom is -0.493 e. The number of rotatable bonds is 5. The summed E-state index contributed by atoms with van der Waals surface area (Å²) in [5.74, 6) is 1.37. The molecule has 1 amide bonds. The fraction of sp³-hybridized carbons (Fsp3) is 0.500. The Morgan fingerprint density at radius 3 is 2.61 bits per heavy atom. The number of nitrogens with zero attached hydrogens (tertiary/aromatic N) is 1. The molecule has 3 rings (SSSR count). The largest absolute Gasteiger partial charge is 0.493 e.